The first-order chi connectivity index (χ1) is 16.5. The molecule has 10 nitrogen and oxygen atoms in total. The van der Waals surface area contributed by atoms with E-state index in [0.717, 1.165) is 5.69 Å². The van der Waals surface area contributed by atoms with E-state index < -0.39 is 0 Å². The number of benzene rings is 2. The second-order valence-electron chi connectivity index (χ2n) is 7.82. The van der Waals surface area contributed by atoms with Crippen LogP contribution in [0.1, 0.15) is 16.2 Å². The van der Waals surface area contributed by atoms with Gasteiger partial charge in [-0.1, -0.05) is 0 Å². The summed E-state index contributed by atoms with van der Waals surface area (Å²) in [5, 5.41) is 14.7. The van der Waals surface area contributed by atoms with E-state index in [1.54, 1.807) is 32.3 Å². The minimum Gasteiger partial charge on any atom is -0.483 e. The standard InChI is InChI=1S/C23H23FN6O4/c1-25-23(31)21-16-11-19(33-13-20-26-27-28-29(20)2)17(30-7-9-32-10-8-30)12-18(16)34-22(21)14-3-5-15(24)6-4-14/h3-6,11-12H,7-10,13H2,1-2H3,(H,25,31). The van der Waals surface area contributed by atoms with Crippen molar-refractivity contribution in [3.05, 3.63) is 53.6 Å². The van der Waals surface area contributed by atoms with Crippen molar-refractivity contribution >= 4 is 22.6 Å². The van der Waals surface area contributed by atoms with E-state index in [4.69, 9.17) is 13.9 Å². The maximum absolute atomic E-state index is 13.5. The summed E-state index contributed by atoms with van der Waals surface area (Å²) in [5.41, 5.74) is 2.28. The molecule has 1 amide bonds. The zero-order valence-corrected chi connectivity index (χ0v) is 18.7. The van der Waals surface area contributed by atoms with Crippen molar-refractivity contribution in [3.63, 3.8) is 0 Å². The highest BCUT2D eigenvalue weighted by molar-refractivity contribution is 6.12. The van der Waals surface area contributed by atoms with Crippen molar-refractivity contribution in [1.29, 1.82) is 0 Å². The molecule has 0 atom stereocenters. The first-order valence-corrected chi connectivity index (χ1v) is 10.8. The van der Waals surface area contributed by atoms with Crippen LogP contribution in [0.15, 0.2) is 40.8 Å². The molecule has 1 N–H and O–H groups in total. The van der Waals surface area contributed by atoms with E-state index in [2.05, 4.69) is 25.7 Å². The molecule has 11 heteroatoms. The van der Waals surface area contributed by atoms with Gasteiger partial charge in [-0.3, -0.25) is 4.79 Å². The fraction of sp³-hybridized carbons (Fsp3) is 0.304. The van der Waals surface area contributed by atoms with Gasteiger partial charge in [0.05, 0.1) is 24.5 Å². The van der Waals surface area contributed by atoms with E-state index in [1.165, 1.54) is 16.8 Å². The Hall–Kier alpha value is -3.99. The molecule has 0 radical (unpaired) electrons. The average molecular weight is 466 g/mol. The van der Waals surface area contributed by atoms with Crippen LogP contribution in [-0.4, -0.2) is 59.5 Å². The molecule has 1 aliphatic rings. The lowest BCUT2D eigenvalue weighted by molar-refractivity contribution is 0.0964. The number of carbonyl (C=O) groups excluding carboxylic acids is 1. The number of morpholine rings is 1. The monoisotopic (exact) mass is 466 g/mol. The number of furan rings is 1. The molecule has 1 fully saturated rings. The van der Waals surface area contributed by atoms with Gasteiger partial charge in [-0.25, -0.2) is 9.07 Å². The average Bonchev–Trinajstić information content (AvgIpc) is 3.45. The highest BCUT2D eigenvalue weighted by Gasteiger charge is 2.25. The molecule has 0 spiro atoms. The molecule has 176 valence electrons. The fourth-order valence-corrected chi connectivity index (χ4v) is 3.95. The summed E-state index contributed by atoms with van der Waals surface area (Å²) in [5.74, 6) is 0.787. The lowest BCUT2D eigenvalue weighted by Crippen LogP contribution is -2.36. The Bertz CT molecular complexity index is 1330. The van der Waals surface area contributed by atoms with Crippen LogP contribution in [0.2, 0.25) is 0 Å². The normalized spacial score (nSPS) is 13.9. The molecule has 34 heavy (non-hydrogen) atoms. The maximum Gasteiger partial charge on any atom is 0.255 e. The van der Waals surface area contributed by atoms with Gasteiger partial charge < -0.3 is 24.1 Å². The molecule has 1 aliphatic heterocycles. The maximum atomic E-state index is 13.5. The summed E-state index contributed by atoms with van der Waals surface area (Å²) in [7, 11) is 3.29. The Balaban J connectivity index is 1.65. The molecule has 0 saturated carbocycles. The molecule has 5 rings (SSSR count). The Morgan fingerprint density at radius 2 is 1.97 bits per heavy atom. The number of rotatable bonds is 6. The molecule has 1 saturated heterocycles. The van der Waals surface area contributed by atoms with Crippen molar-refractivity contribution < 1.29 is 23.1 Å². The first kappa shape index (κ1) is 21.8. The molecule has 0 aliphatic carbocycles. The van der Waals surface area contributed by atoms with Crippen LogP contribution < -0.4 is 15.0 Å². The first-order valence-electron chi connectivity index (χ1n) is 10.8. The van der Waals surface area contributed by atoms with E-state index in [0.29, 0.717) is 65.7 Å². The summed E-state index contributed by atoms with van der Waals surface area (Å²) < 4.78 is 32.9. The summed E-state index contributed by atoms with van der Waals surface area (Å²) in [6, 6.07) is 9.49. The van der Waals surface area contributed by atoms with Crippen molar-refractivity contribution in [1.82, 2.24) is 25.5 Å². The number of fused-ring (bicyclic) bond motifs is 1. The van der Waals surface area contributed by atoms with Crippen molar-refractivity contribution in [2.45, 2.75) is 6.61 Å². The molecular weight excluding hydrogens is 443 g/mol. The number of aromatic nitrogens is 4. The number of nitrogens with zero attached hydrogens (tertiary/aromatic N) is 5. The zero-order valence-electron chi connectivity index (χ0n) is 18.7. The smallest absolute Gasteiger partial charge is 0.255 e. The lowest BCUT2D eigenvalue weighted by atomic mass is 10.0. The SMILES string of the molecule is CNC(=O)c1c(-c2ccc(F)cc2)oc2cc(N3CCOCC3)c(OCc3nnnn3C)cc12. The number of carbonyl (C=O) groups is 1. The van der Waals surface area contributed by atoms with E-state index in [9.17, 15) is 9.18 Å². The molecule has 2 aromatic carbocycles. The second-order valence-corrected chi connectivity index (χ2v) is 7.82. The third-order valence-corrected chi connectivity index (χ3v) is 5.75. The van der Waals surface area contributed by atoms with Crippen LogP contribution in [0.3, 0.4) is 0 Å². The number of aryl methyl sites for hydroxylation is 1. The Labute approximate surface area is 194 Å². The zero-order chi connectivity index (χ0) is 23.7. The number of hydrogen-bond donors (Lipinski definition) is 1. The van der Waals surface area contributed by atoms with Crippen LogP contribution in [0.25, 0.3) is 22.3 Å². The quantitative estimate of drug-likeness (QED) is 0.462. The lowest BCUT2D eigenvalue weighted by Gasteiger charge is -2.30. The summed E-state index contributed by atoms with van der Waals surface area (Å²) in [6.07, 6.45) is 0. The van der Waals surface area contributed by atoms with E-state index in [-0.39, 0.29) is 18.3 Å². The predicted octanol–water partition coefficient (Wildman–Crippen LogP) is 2.54. The van der Waals surface area contributed by atoms with Gasteiger partial charge >= 0.3 is 0 Å². The van der Waals surface area contributed by atoms with Crippen LogP contribution in [0.5, 0.6) is 5.75 Å². The number of hydrogen-bond acceptors (Lipinski definition) is 8. The molecular formula is C23H23FN6O4. The van der Waals surface area contributed by atoms with Crippen molar-refractivity contribution in [2.24, 2.45) is 7.05 Å². The second kappa shape index (κ2) is 9.10. The fourth-order valence-electron chi connectivity index (χ4n) is 3.95. The molecule has 3 heterocycles. The third kappa shape index (κ3) is 4.05. The topological polar surface area (TPSA) is 108 Å². The number of tetrazole rings is 1. The molecule has 2 aromatic heterocycles. The Morgan fingerprint density at radius 3 is 2.65 bits per heavy atom. The van der Waals surface area contributed by atoms with E-state index >= 15 is 0 Å². The van der Waals surface area contributed by atoms with Gasteiger partial charge in [-0.15, -0.1) is 5.10 Å². The van der Waals surface area contributed by atoms with Gasteiger partial charge in [-0.05, 0) is 40.8 Å². The Morgan fingerprint density at radius 1 is 1.21 bits per heavy atom. The Kier molecular flexibility index (Phi) is 5.84. The molecule has 4 aromatic rings. The van der Waals surface area contributed by atoms with Gasteiger partial charge in [0.15, 0.2) is 5.82 Å². The van der Waals surface area contributed by atoms with Gasteiger partial charge in [0.1, 0.15) is 29.5 Å². The summed E-state index contributed by atoms with van der Waals surface area (Å²) >= 11 is 0. The largest absolute Gasteiger partial charge is 0.483 e. The van der Waals surface area contributed by atoms with Gasteiger partial charge in [-0.2, -0.15) is 0 Å². The van der Waals surface area contributed by atoms with Crippen LogP contribution in [0.4, 0.5) is 10.1 Å². The summed E-state index contributed by atoms with van der Waals surface area (Å²) in [4.78, 5) is 15.0. The van der Waals surface area contributed by atoms with Crippen molar-refractivity contribution in [2.75, 3.05) is 38.3 Å². The van der Waals surface area contributed by atoms with Gasteiger partial charge in [0, 0.05) is 44.2 Å². The van der Waals surface area contributed by atoms with Crippen LogP contribution in [0, 0.1) is 5.82 Å². The minimum atomic E-state index is -0.370. The third-order valence-electron chi connectivity index (χ3n) is 5.75. The number of halogens is 1. The summed E-state index contributed by atoms with van der Waals surface area (Å²) in [6.45, 7) is 2.69. The van der Waals surface area contributed by atoms with E-state index in [1.807, 2.05) is 6.07 Å². The minimum absolute atomic E-state index is 0.143. The van der Waals surface area contributed by atoms with Gasteiger partial charge in [0.2, 0.25) is 0 Å². The number of nitrogens with one attached hydrogen (secondary N) is 1. The highest BCUT2D eigenvalue weighted by atomic mass is 19.1. The van der Waals surface area contributed by atoms with Crippen LogP contribution >= 0.6 is 0 Å². The van der Waals surface area contributed by atoms with Crippen molar-refractivity contribution in [3.8, 4) is 17.1 Å². The van der Waals surface area contributed by atoms with Gasteiger partial charge in [0.25, 0.3) is 5.91 Å². The molecule has 0 bridgehead atoms. The predicted molar refractivity (Wildman–Crippen MR) is 121 cm³/mol. The number of ether oxygens (including phenoxy) is 2. The van der Waals surface area contributed by atoms with Crippen LogP contribution in [-0.2, 0) is 18.4 Å². The highest BCUT2D eigenvalue weighted by Crippen LogP contribution is 2.41. The number of amides is 1. The molecule has 0 unspecified atom stereocenters. The number of anilines is 1.